The Morgan fingerprint density at radius 3 is 2.85 bits per heavy atom. The Labute approximate surface area is 119 Å². The molecule has 20 heavy (non-hydrogen) atoms. The van der Waals surface area contributed by atoms with Gasteiger partial charge in [-0.25, -0.2) is 0 Å². The maximum absolute atomic E-state index is 12.0. The number of anilines is 1. The average molecular weight is 274 g/mol. The van der Waals surface area contributed by atoms with E-state index in [0.29, 0.717) is 12.5 Å². The summed E-state index contributed by atoms with van der Waals surface area (Å²) in [5, 5.41) is 0. The van der Waals surface area contributed by atoms with E-state index in [1.165, 1.54) is 11.1 Å². The molecule has 2 unspecified atom stereocenters. The second-order valence-corrected chi connectivity index (χ2v) is 5.96. The molecule has 0 bridgehead atoms. The topological polar surface area (TPSA) is 55.6 Å². The van der Waals surface area contributed by atoms with E-state index in [0.717, 1.165) is 37.2 Å². The van der Waals surface area contributed by atoms with Gasteiger partial charge in [0, 0.05) is 19.9 Å². The zero-order valence-corrected chi connectivity index (χ0v) is 12.2. The molecule has 2 heterocycles. The number of ether oxygens (including phenoxy) is 1. The molecule has 4 heteroatoms. The monoisotopic (exact) mass is 274 g/mol. The Hall–Kier alpha value is -1.55. The molecule has 1 amide bonds. The average Bonchev–Trinajstić information content (AvgIpc) is 2.68. The van der Waals surface area contributed by atoms with E-state index in [-0.39, 0.29) is 12.0 Å². The second-order valence-electron chi connectivity index (χ2n) is 5.96. The van der Waals surface area contributed by atoms with Gasteiger partial charge in [-0.05, 0) is 43.4 Å². The number of amides is 1. The van der Waals surface area contributed by atoms with Gasteiger partial charge in [0.25, 0.3) is 0 Å². The van der Waals surface area contributed by atoms with E-state index in [9.17, 15) is 4.79 Å². The molecule has 2 atom stereocenters. The number of hydrogen-bond acceptors (Lipinski definition) is 3. The highest BCUT2D eigenvalue weighted by Crippen LogP contribution is 2.43. The Kier molecular flexibility index (Phi) is 3.42. The highest BCUT2D eigenvalue weighted by atomic mass is 16.5. The van der Waals surface area contributed by atoms with Crippen LogP contribution in [0, 0.1) is 5.92 Å². The normalized spacial score (nSPS) is 24.6. The third-order valence-corrected chi connectivity index (χ3v) is 4.38. The molecule has 0 spiro atoms. The molecule has 0 radical (unpaired) electrons. The van der Waals surface area contributed by atoms with Gasteiger partial charge in [0.1, 0.15) is 11.9 Å². The van der Waals surface area contributed by atoms with Crippen molar-refractivity contribution in [3.8, 4) is 5.75 Å². The summed E-state index contributed by atoms with van der Waals surface area (Å²) in [7, 11) is 0. The van der Waals surface area contributed by atoms with Crippen molar-refractivity contribution in [2.24, 2.45) is 11.7 Å². The Balaban J connectivity index is 2.11. The minimum absolute atomic E-state index is 0.0838. The van der Waals surface area contributed by atoms with Crippen LogP contribution in [0.15, 0.2) is 12.1 Å². The van der Waals surface area contributed by atoms with Crippen LogP contribution in [0.3, 0.4) is 0 Å². The fourth-order valence-electron chi connectivity index (χ4n) is 3.31. The van der Waals surface area contributed by atoms with Crippen LogP contribution in [0.1, 0.15) is 31.4 Å². The predicted octanol–water partition coefficient (Wildman–Crippen LogP) is 1.88. The van der Waals surface area contributed by atoms with E-state index < -0.39 is 0 Å². The van der Waals surface area contributed by atoms with Crippen LogP contribution >= 0.6 is 0 Å². The summed E-state index contributed by atoms with van der Waals surface area (Å²) in [6.07, 6.45) is 3.00. The van der Waals surface area contributed by atoms with E-state index in [2.05, 4.69) is 19.1 Å². The molecule has 3 rings (SSSR count). The Morgan fingerprint density at radius 1 is 1.40 bits per heavy atom. The molecule has 0 aliphatic carbocycles. The van der Waals surface area contributed by atoms with Crippen LogP contribution in [0.25, 0.3) is 0 Å². The van der Waals surface area contributed by atoms with Gasteiger partial charge >= 0.3 is 0 Å². The summed E-state index contributed by atoms with van der Waals surface area (Å²) in [5.74, 6) is 1.44. The zero-order chi connectivity index (χ0) is 14.3. The van der Waals surface area contributed by atoms with Crippen LogP contribution in [-0.2, 0) is 17.6 Å². The molecule has 2 N–H and O–H groups in total. The summed E-state index contributed by atoms with van der Waals surface area (Å²) < 4.78 is 5.98. The number of rotatable bonds is 1. The van der Waals surface area contributed by atoms with Crippen molar-refractivity contribution in [1.29, 1.82) is 0 Å². The fraction of sp³-hybridized carbons (Fsp3) is 0.562. The minimum Gasteiger partial charge on any atom is -0.488 e. The number of nitrogens with two attached hydrogens (primary N) is 1. The highest BCUT2D eigenvalue weighted by molar-refractivity contribution is 5.95. The van der Waals surface area contributed by atoms with Crippen molar-refractivity contribution < 1.29 is 9.53 Å². The third-order valence-electron chi connectivity index (χ3n) is 4.38. The van der Waals surface area contributed by atoms with Gasteiger partial charge in [-0.1, -0.05) is 12.1 Å². The van der Waals surface area contributed by atoms with Crippen molar-refractivity contribution in [3.63, 3.8) is 0 Å². The van der Waals surface area contributed by atoms with Crippen molar-refractivity contribution in [1.82, 2.24) is 0 Å². The van der Waals surface area contributed by atoms with E-state index in [1.807, 2.05) is 4.90 Å². The molecule has 1 aromatic rings. The third kappa shape index (κ3) is 2.18. The predicted molar refractivity (Wildman–Crippen MR) is 79.1 cm³/mol. The van der Waals surface area contributed by atoms with Gasteiger partial charge in [0.2, 0.25) is 5.91 Å². The fourth-order valence-corrected chi connectivity index (χ4v) is 3.31. The summed E-state index contributed by atoms with van der Waals surface area (Å²) in [6.45, 7) is 5.10. The van der Waals surface area contributed by atoms with Crippen molar-refractivity contribution in [2.45, 2.75) is 39.2 Å². The van der Waals surface area contributed by atoms with E-state index >= 15 is 0 Å². The first-order valence-electron chi connectivity index (χ1n) is 7.39. The SMILES string of the molecule is CC(=O)N1CCC(CN)Cc2ccc3c(c21)OC(C)C3. The number of carbonyl (C=O) groups is 1. The summed E-state index contributed by atoms with van der Waals surface area (Å²) in [5.41, 5.74) is 9.26. The lowest BCUT2D eigenvalue weighted by Gasteiger charge is -2.23. The number of nitrogens with zero attached hydrogens (tertiary/aromatic N) is 1. The molecule has 2 aliphatic rings. The molecule has 0 saturated heterocycles. The van der Waals surface area contributed by atoms with Gasteiger partial charge in [-0.3, -0.25) is 4.79 Å². The lowest BCUT2D eigenvalue weighted by molar-refractivity contribution is -0.116. The second kappa shape index (κ2) is 5.09. The van der Waals surface area contributed by atoms with Crippen LogP contribution in [0.2, 0.25) is 0 Å². The Bertz CT molecular complexity index is 542. The van der Waals surface area contributed by atoms with Gasteiger partial charge in [0.15, 0.2) is 0 Å². The highest BCUT2D eigenvalue weighted by Gasteiger charge is 2.31. The van der Waals surface area contributed by atoms with Crippen molar-refractivity contribution in [3.05, 3.63) is 23.3 Å². The molecule has 0 fully saturated rings. The van der Waals surface area contributed by atoms with Crippen LogP contribution in [0.4, 0.5) is 5.69 Å². The molecule has 2 aliphatic heterocycles. The molecule has 0 saturated carbocycles. The molecular weight excluding hydrogens is 252 g/mol. The van der Waals surface area contributed by atoms with Crippen LogP contribution in [0.5, 0.6) is 5.75 Å². The molecule has 4 nitrogen and oxygen atoms in total. The zero-order valence-electron chi connectivity index (χ0n) is 12.2. The molecule has 108 valence electrons. The first kappa shape index (κ1) is 13.4. The van der Waals surface area contributed by atoms with Crippen molar-refractivity contribution in [2.75, 3.05) is 18.0 Å². The molecule has 1 aromatic carbocycles. The first-order valence-corrected chi connectivity index (χ1v) is 7.39. The largest absolute Gasteiger partial charge is 0.488 e. The van der Waals surface area contributed by atoms with Gasteiger partial charge < -0.3 is 15.4 Å². The number of carbonyl (C=O) groups excluding carboxylic acids is 1. The maximum Gasteiger partial charge on any atom is 0.223 e. The lowest BCUT2D eigenvalue weighted by atomic mass is 9.95. The standard InChI is InChI=1S/C16H22N2O2/c1-10-7-14-4-3-13-8-12(9-17)5-6-18(11(2)19)15(13)16(14)20-10/h3-4,10,12H,5-9,17H2,1-2H3. The Morgan fingerprint density at radius 2 is 2.15 bits per heavy atom. The summed E-state index contributed by atoms with van der Waals surface area (Å²) in [4.78, 5) is 13.9. The van der Waals surface area contributed by atoms with Crippen molar-refractivity contribution >= 4 is 11.6 Å². The van der Waals surface area contributed by atoms with E-state index in [1.54, 1.807) is 6.92 Å². The van der Waals surface area contributed by atoms with Gasteiger partial charge in [-0.15, -0.1) is 0 Å². The lowest BCUT2D eigenvalue weighted by Crippen LogP contribution is -2.30. The molecular formula is C16H22N2O2. The maximum atomic E-state index is 12.0. The quantitative estimate of drug-likeness (QED) is 0.850. The van der Waals surface area contributed by atoms with Gasteiger partial charge in [0.05, 0.1) is 5.69 Å². The first-order chi connectivity index (χ1) is 9.60. The van der Waals surface area contributed by atoms with Crippen LogP contribution in [-0.4, -0.2) is 25.1 Å². The molecule has 0 aromatic heterocycles. The van der Waals surface area contributed by atoms with Crippen LogP contribution < -0.4 is 15.4 Å². The smallest absolute Gasteiger partial charge is 0.223 e. The minimum atomic E-state index is 0.0838. The van der Waals surface area contributed by atoms with Gasteiger partial charge in [-0.2, -0.15) is 0 Å². The summed E-state index contributed by atoms with van der Waals surface area (Å²) >= 11 is 0. The number of benzene rings is 1. The number of hydrogen-bond donors (Lipinski definition) is 1. The van der Waals surface area contributed by atoms with E-state index in [4.69, 9.17) is 10.5 Å². The number of fused-ring (bicyclic) bond motifs is 3. The summed E-state index contributed by atoms with van der Waals surface area (Å²) in [6, 6.07) is 4.30.